The molecule has 5 heteroatoms. The van der Waals surface area contributed by atoms with Gasteiger partial charge in [0.15, 0.2) is 0 Å². The summed E-state index contributed by atoms with van der Waals surface area (Å²) >= 11 is 0. The number of hydrogen-bond donors (Lipinski definition) is 0. The quantitative estimate of drug-likeness (QED) is 0.580. The molecule has 0 N–H and O–H groups in total. The third-order valence-electron chi connectivity index (χ3n) is 2.81. The van der Waals surface area contributed by atoms with Crippen LogP contribution >= 0.6 is 0 Å². The normalized spacial score (nSPS) is 14.6. The van der Waals surface area contributed by atoms with Crippen LogP contribution in [-0.2, 0) is 14.3 Å². The molecule has 1 aliphatic carbocycles. The lowest BCUT2D eigenvalue weighted by Gasteiger charge is -2.19. The predicted molar refractivity (Wildman–Crippen MR) is 69.1 cm³/mol. The first-order valence-electron chi connectivity index (χ1n) is 6.38. The van der Waals surface area contributed by atoms with Crippen LogP contribution < -0.4 is 0 Å². The molecule has 1 amide bonds. The average Bonchev–Trinajstić information content (AvgIpc) is 3.09. The van der Waals surface area contributed by atoms with E-state index in [1.165, 1.54) is 6.08 Å². The van der Waals surface area contributed by atoms with E-state index in [2.05, 4.69) is 0 Å². The Hall–Kier alpha value is -2.04. The van der Waals surface area contributed by atoms with Crippen molar-refractivity contribution in [1.82, 2.24) is 4.90 Å². The van der Waals surface area contributed by atoms with Crippen LogP contribution in [0.4, 0.5) is 0 Å². The Labute approximate surface area is 111 Å². The van der Waals surface area contributed by atoms with Crippen molar-refractivity contribution in [3.8, 4) is 0 Å². The zero-order valence-corrected chi connectivity index (χ0v) is 10.9. The summed E-state index contributed by atoms with van der Waals surface area (Å²) < 4.78 is 9.99. The van der Waals surface area contributed by atoms with E-state index >= 15 is 0 Å². The minimum absolute atomic E-state index is 0.0137. The second-order valence-corrected chi connectivity index (χ2v) is 4.35. The Balaban J connectivity index is 1.94. The van der Waals surface area contributed by atoms with Gasteiger partial charge in [-0.25, -0.2) is 0 Å². The number of carbonyl (C=O) groups excluding carboxylic acids is 2. The molecule has 1 aromatic rings. The van der Waals surface area contributed by atoms with Crippen molar-refractivity contribution >= 4 is 18.0 Å². The van der Waals surface area contributed by atoms with Crippen molar-refractivity contribution < 1.29 is 18.7 Å². The van der Waals surface area contributed by atoms with E-state index in [9.17, 15) is 9.59 Å². The standard InChI is InChI=1S/C14H17NO4/c1-2-18-14(17)10-15(11-5-6-11)13(16)8-7-12-4-3-9-19-12/h3-4,7-9,11H,2,5-6,10H2,1H3/b8-7+. The summed E-state index contributed by atoms with van der Waals surface area (Å²) in [5.41, 5.74) is 0. The van der Waals surface area contributed by atoms with E-state index in [4.69, 9.17) is 9.15 Å². The fourth-order valence-corrected chi connectivity index (χ4v) is 1.75. The molecule has 5 nitrogen and oxygen atoms in total. The molecule has 0 bridgehead atoms. The molecule has 0 aromatic carbocycles. The molecule has 0 spiro atoms. The minimum atomic E-state index is -0.367. The molecule has 1 aliphatic rings. The van der Waals surface area contributed by atoms with Crippen LogP contribution in [-0.4, -0.2) is 36.0 Å². The number of hydrogen-bond acceptors (Lipinski definition) is 4. The summed E-state index contributed by atoms with van der Waals surface area (Å²) in [5, 5.41) is 0. The molecule has 1 fully saturated rings. The van der Waals surface area contributed by atoms with E-state index in [0.717, 1.165) is 12.8 Å². The topological polar surface area (TPSA) is 59.8 Å². The highest BCUT2D eigenvalue weighted by Gasteiger charge is 2.33. The van der Waals surface area contributed by atoms with E-state index < -0.39 is 0 Å². The fraction of sp³-hybridized carbons (Fsp3) is 0.429. The zero-order chi connectivity index (χ0) is 13.7. The number of carbonyl (C=O) groups is 2. The Morgan fingerprint density at radius 3 is 2.89 bits per heavy atom. The number of furan rings is 1. The van der Waals surface area contributed by atoms with Crippen LogP contribution in [0.3, 0.4) is 0 Å². The Bertz CT molecular complexity index is 460. The van der Waals surface area contributed by atoms with Gasteiger partial charge in [0.2, 0.25) is 5.91 Å². The van der Waals surface area contributed by atoms with Gasteiger partial charge in [-0.05, 0) is 38.0 Å². The molecule has 1 saturated carbocycles. The fourth-order valence-electron chi connectivity index (χ4n) is 1.75. The highest BCUT2D eigenvalue weighted by atomic mass is 16.5. The van der Waals surface area contributed by atoms with E-state index in [-0.39, 0.29) is 24.5 Å². The van der Waals surface area contributed by atoms with Crippen LogP contribution in [0.25, 0.3) is 6.08 Å². The molecule has 1 aromatic heterocycles. The summed E-state index contributed by atoms with van der Waals surface area (Å²) in [5.74, 6) is 0.0568. The molecule has 0 unspecified atom stereocenters. The van der Waals surface area contributed by atoms with Crippen LogP contribution in [0.15, 0.2) is 28.9 Å². The maximum atomic E-state index is 12.0. The number of esters is 1. The second kappa shape index (κ2) is 6.22. The third-order valence-corrected chi connectivity index (χ3v) is 2.81. The molecular weight excluding hydrogens is 246 g/mol. The SMILES string of the molecule is CCOC(=O)CN(C(=O)/C=C/c1ccco1)C1CC1. The molecule has 102 valence electrons. The van der Waals surface area contributed by atoms with Gasteiger partial charge >= 0.3 is 5.97 Å². The monoisotopic (exact) mass is 263 g/mol. The zero-order valence-electron chi connectivity index (χ0n) is 10.9. The van der Waals surface area contributed by atoms with Crippen LogP contribution in [0.2, 0.25) is 0 Å². The lowest BCUT2D eigenvalue weighted by molar-refractivity contribution is -0.148. The first-order chi connectivity index (χ1) is 9.20. The smallest absolute Gasteiger partial charge is 0.325 e. The molecule has 0 aliphatic heterocycles. The van der Waals surface area contributed by atoms with Crippen LogP contribution in [0, 0.1) is 0 Å². The summed E-state index contributed by atoms with van der Waals surface area (Å²) in [6.07, 6.45) is 6.46. The summed E-state index contributed by atoms with van der Waals surface area (Å²) in [6.45, 7) is 2.09. The molecule has 0 atom stereocenters. The number of amides is 1. The van der Waals surface area contributed by atoms with Gasteiger partial charge < -0.3 is 14.1 Å². The van der Waals surface area contributed by atoms with E-state index in [1.54, 1.807) is 36.3 Å². The van der Waals surface area contributed by atoms with Gasteiger partial charge in [-0.3, -0.25) is 9.59 Å². The second-order valence-electron chi connectivity index (χ2n) is 4.35. The van der Waals surface area contributed by atoms with Gasteiger partial charge in [0.25, 0.3) is 0 Å². The molecule has 2 rings (SSSR count). The Morgan fingerprint density at radius 1 is 1.53 bits per heavy atom. The molecule has 0 radical (unpaired) electrons. The summed E-state index contributed by atoms with van der Waals surface area (Å²) in [7, 11) is 0. The molecular formula is C14H17NO4. The van der Waals surface area contributed by atoms with Gasteiger partial charge in [-0.2, -0.15) is 0 Å². The predicted octanol–water partition coefficient (Wildman–Crippen LogP) is 1.85. The maximum absolute atomic E-state index is 12.0. The Kier molecular flexibility index (Phi) is 4.39. The lowest BCUT2D eigenvalue weighted by Crippen LogP contribution is -2.37. The summed E-state index contributed by atoms with van der Waals surface area (Å²) in [4.78, 5) is 25.1. The first-order valence-corrected chi connectivity index (χ1v) is 6.38. The number of ether oxygens (including phenoxy) is 1. The van der Waals surface area contributed by atoms with Gasteiger partial charge in [-0.1, -0.05) is 0 Å². The Morgan fingerprint density at radius 2 is 2.32 bits per heavy atom. The van der Waals surface area contributed by atoms with Crippen molar-refractivity contribution in [2.45, 2.75) is 25.8 Å². The van der Waals surface area contributed by atoms with Crippen LogP contribution in [0.5, 0.6) is 0 Å². The third kappa shape index (κ3) is 3.98. The van der Waals surface area contributed by atoms with Crippen molar-refractivity contribution in [3.05, 3.63) is 30.2 Å². The van der Waals surface area contributed by atoms with Crippen molar-refractivity contribution in [3.63, 3.8) is 0 Å². The van der Waals surface area contributed by atoms with Crippen molar-refractivity contribution in [2.24, 2.45) is 0 Å². The van der Waals surface area contributed by atoms with Gasteiger partial charge in [-0.15, -0.1) is 0 Å². The number of nitrogens with zero attached hydrogens (tertiary/aromatic N) is 1. The number of rotatable bonds is 6. The first kappa shape index (κ1) is 13.4. The van der Waals surface area contributed by atoms with E-state index in [1.807, 2.05) is 0 Å². The maximum Gasteiger partial charge on any atom is 0.325 e. The van der Waals surface area contributed by atoms with Crippen LogP contribution in [0.1, 0.15) is 25.5 Å². The lowest BCUT2D eigenvalue weighted by atomic mass is 10.3. The van der Waals surface area contributed by atoms with E-state index in [0.29, 0.717) is 12.4 Å². The van der Waals surface area contributed by atoms with Crippen molar-refractivity contribution in [1.29, 1.82) is 0 Å². The average molecular weight is 263 g/mol. The molecule has 0 saturated heterocycles. The minimum Gasteiger partial charge on any atom is -0.465 e. The largest absolute Gasteiger partial charge is 0.465 e. The van der Waals surface area contributed by atoms with Gasteiger partial charge in [0.1, 0.15) is 12.3 Å². The highest BCUT2D eigenvalue weighted by molar-refractivity contribution is 5.93. The molecule has 1 heterocycles. The molecule has 19 heavy (non-hydrogen) atoms. The van der Waals surface area contributed by atoms with Crippen molar-refractivity contribution in [2.75, 3.05) is 13.2 Å². The summed E-state index contributed by atoms with van der Waals surface area (Å²) in [6, 6.07) is 3.68. The van der Waals surface area contributed by atoms with Gasteiger partial charge in [0, 0.05) is 12.1 Å². The highest BCUT2D eigenvalue weighted by Crippen LogP contribution is 2.27. The van der Waals surface area contributed by atoms with Gasteiger partial charge in [0.05, 0.1) is 12.9 Å².